The van der Waals surface area contributed by atoms with Crippen LogP contribution in [0.2, 0.25) is 0 Å². The van der Waals surface area contributed by atoms with E-state index in [1.807, 2.05) is 12.1 Å². The minimum absolute atomic E-state index is 0.0457. The van der Waals surface area contributed by atoms with Gasteiger partial charge in [-0.15, -0.1) is 0 Å². The number of aromatic nitrogens is 1. The zero-order valence-corrected chi connectivity index (χ0v) is 19.0. The lowest BCUT2D eigenvalue weighted by atomic mass is 9.98. The van der Waals surface area contributed by atoms with Crippen molar-refractivity contribution in [1.29, 1.82) is 0 Å². The molecule has 0 bridgehead atoms. The van der Waals surface area contributed by atoms with Crippen LogP contribution in [0.5, 0.6) is 0 Å². The Labute approximate surface area is 191 Å². The fourth-order valence-corrected chi connectivity index (χ4v) is 5.32. The Morgan fingerprint density at radius 1 is 0.969 bits per heavy atom. The minimum Gasteiger partial charge on any atom is -0.349 e. The molecule has 4 heteroatoms. The van der Waals surface area contributed by atoms with E-state index in [1.54, 1.807) is 0 Å². The summed E-state index contributed by atoms with van der Waals surface area (Å²) in [5.74, 6) is 0.0457. The van der Waals surface area contributed by atoms with E-state index < -0.39 is 0 Å². The molecule has 2 aliphatic rings. The van der Waals surface area contributed by atoms with Crippen LogP contribution in [0.3, 0.4) is 0 Å². The average Bonchev–Trinajstić information content (AvgIpc) is 3.17. The fourth-order valence-electron chi connectivity index (χ4n) is 5.32. The molecule has 0 spiro atoms. The Bertz CT molecular complexity index is 1060. The minimum atomic E-state index is 0.0457. The number of amides is 1. The molecule has 1 fully saturated rings. The number of benzene rings is 2. The molecule has 32 heavy (non-hydrogen) atoms. The third kappa shape index (κ3) is 4.51. The fraction of sp³-hybridized carbons (Fsp3) is 0.393. The molecule has 0 unspecified atom stereocenters. The first-order chi connectivity index (χ1) is 15.7. The van der Waals surface area contributed by atoms with Crippen molar-refractivity contribution >= 4 is 5.91 Å². The second kappa shape index (κ2) is 9.33. The van der Waals surface area contributed by atoms with Gasteiger partial charge in [0.25, 0.3) is 5.91 Å². The van der Waals surface area contributed by atoms with Crippen LogP contribution in [0, 0.1) is 6.92 Å². The molecular formula is C28H33N3O. The van der Waals surface area contributed by atoms with E-state index in [0.29, 0.717) is 0 Å². The predicted molar refractivity (Wildman–Crippen MR) is 129 cm³/mol. The van der Waals surface area contributed by atoms with Crippen molar-refractivity contribution in [1.82, 2.24) is 14.8 Å². The van der Waals surface area contributed by atoms with Gasteiger partial charge < -0.3 is 9.88 Å². The van der Waals surface area contributed by atoms with Crippen molar-refractivity contribution in [3.05, 3.63) is 88.7 Å². The molecule has 2 heterocycles. The third-order valence-corrected chi connectivity index (χ3v) is 7.05. The summed E-state index contributed by atoms with van der Waals surface area (Å²) in [5, 5.41) is 3.26. The van der Waals surface area contributed by atoms with E-state index in [2.05, 4.69) is 70.2 Å². The first-order valence-electron chi connectivity index (χ1n) is 12.0. The Kier molecular flexibility index (Phi) is 6.13. The van der Waals surface area contributed by atoms with Crippen molar-refractivity contribution in [2.24, 2.45) is 0 Å². The number of nitrogens with zero attached hydrogens (tertiary/aromatic N) is 2. The molecule has 5 rings (SSSR count). The van der Waals surface area contributed by atoms with E-state index in [-0.39, 0.29) is 11.9 Å². The van der Waals surface area contributed by atoms with Gasteiger partial charge in [-0.05, 0) is 86.9 Å². The number of rotatable bonds is 5. The van der Waals surface area contributed by atoms with Crippen molar-refractivity contribution in [2.45, 2.75) is 58.0 Å². The lowest BCUT2D eigenvalue weighted by Gasteiger charge is -2.32. The van der Waals surface area contributed by atoms with Gasteiger partial charge in [0.05, 0.1) is 0 Å². The number of hydrogen-bond donors (Lipinski definition) is 1. The predicted octanol–water partition coefficient (Wildman–Crippen LogP) is 5.06. The third-order valence-electron chi connectivity index (χ3n) is 7.05. The molecule has 1 saturated heterocycles. The summed E-state index contributed by atoms with van der Waals surface area (Å²) in [5.41, 5.74) is 7.50. The number of carbonyl (C=O) groups is 1. The largest absolute Gasteiger partial charge is 0.349 e. The van der Waals surface area contributed by atoms with Crippen molar-refractivity contribution in [3.8, 4) is 5.69 Å². The molecule has 4 nitrogen and oxygen atoms in total. The van der Waals surface area contributed by atoms with Crippen LogP contribution in [0.25, 0.3) is 5.69 Å². The van der Waals surface area contributed by atoms with Gasteiger partial charge in [-0.25, -0.2) is 0 Å². The second-order valence-corrected chi connectivity index (χ2v) is 9.36. The number of nitrogens with one attached hydrogen (secondary N) is 1. The van der Waals surface area contributed by atoms with Crippen LogP contribution in [-0.4, -0.2) is 34.5 Å². The highest BCUT2D eigenvalue weighted by molar-refractivity contribution is 5.94. The van der Waals surface area contributed by atoms with Gasteiger partial charge in [-0.2, -0.15) is 0 Å². The maximum absolute atomic E-state index is 12.9. The van der Waals surface area contributed by atoms with E-state index in [4.69, 9.17) is 0 Å². The molecule has 3 aromatic rings. The molecule has 1 amide bonds. The SMILES string of the molecule is Cc1cc2c(n1-c1ccc(C(=O)NC3CCN(Cc4ccccc4)CC3)cc1)CCCC2. The molecule has 1 aliphatic carbocycles. The first-order valence-corrected chi connectivity index (χ1v) is 12.0. The lowest BCUT2D eigenvalue weighted by Crippen LogP contribution is -2.44. The first kappa shape index (κ1) is 21.0. The number of fused-ring (bicyclic) bond motifs is 1. The van der Waals surface area contributed by atoms with Gasteiger partial charge in [0.1, 0.15) is 0 Å². The summed E-state index contributed by atoms with van der Waals surface area (Å²) >= 11 is 0. The highest BCUT2D eigenvalue weighted by Crippen LogP contribution is 2.28. The quantitative estimate of drug-likeness (QED) is 0.618. The highest BCUT2D eigenvalue weighted by Gasteiger charge is 2.22. The maximum atomic E-state index is 12.9. The van der Waals surface area contributed by atoms with Gasteiger partial charge in [0.15, 0.2) is 0 Å². The van der Waals surface area contributed by atoms with Crippen LogP contribution in [0.15, 0.2) is 60.7 Å². The van der Waals surface area contributed by atoms with Gasteiger partial charge in [-0.3, -0.25) is 9.69 Å². The van der Waals surface area contributed by atoms with Gasteiger partial charge in [-0.1, -0.05) is 30.3 Å². The topological polar surface area (TPSA) is 37.3 Å². The van der Waals surface area contributed by atoms with Gasteiger partial charge >= 0.3 is 0 Å². The molecule has 1 aliphatic heterocycles. The summed E-state index contributed by atoms with van der Waals surface area (Å²) < 4.78 is 2.37. The summed E-state index contributed by atoms with van der Waals surface area (Å²) in [6, 6.07) is 21.4. The van der Waals surface area contributed by atoms with Gasteiger partial charge in [0.2, 0.25) is 0 Å². The average molecular weight is 428 g/mol. The summed E-state index contributed by atoms with van der Waals surface area (Å²) in [6.07, 6.45) is 6.90. The molecule has 1 aromatic heterocycles. The van der Waals surface area contributed by atoms with E-state index in [0.717, 1.165) is 50.1 Å². The Morgan fingerprint density at radius 2 is 1.69 bits per heavy atom. The normalized spacial score (nSPS) is 17.2. The summed E-state index contributed by atoms with van der Waals surface area (Å²) in [6.45, 7) is 5.22. The van der Waals surface area contributed by atoms with Crippen LogP contribution in [0.1, 0.15) is 58.6 Å². The maximum Gasteiger partial charge on any atom is 0.251 e. The van der Waals surface area contributed by atoms with Crippen molar-refractivity contribution in [2.75, 3.05) is 13.1 Å². The van der Waals surface area contributed by atoms with Gasteiger partial charge in [0, 0.05) is 48.3 Å². The van der Waals surface area contributed by atoms with Crippen LogP contribution in [-0.2, 0) is 19.4 Å². The highest BCUT2D eigenvalue weighted by atomic mass is 16.1. The molecule has 166 valence electrons. The number of hydrogen-bond acceptors (Lipinski definition) is 2. The smallest absolute Gasteiger partial charge is 0.251 e. The standard InChI is InChI=1S/C28H33N3O/c1-21-19-24-9-5-6-10-27(24)31(21)26-13-11-23(12-14-26)28(32)29-25-15-17-30(18-16-25)20-22-7-3-2-4-8-22/h2-4,7-8,11-14,19,25H,5-6,9-10,15-18,20H2,1H3,(H,29,32). The Morgan fingerprint density at radius 3 is 2.44 bits per heavy atom. The summed E-state index contributed by atoms with van der Waals surface area (Å²) in [4.78, 5) is 15.3. The number of carbonyl (C=O) groups excluding carboxylic acids is 1. The van der Waals surface area contributed by atoms with E-state index in [1.165, 1.54) is 41.8 Å². The number of likely N-dealkylation sites (tertiary alicyclic amines) is 1. The van der Waals surface area contributed by atoms with Crippen molar-refractivity contribution < 1.29 is 4.79 Å². The Hall–Kier alpha value is -2.85. The molecule has 2 aromatic carbocycles. The lowest BCUT2D eigenvalue weighted by molar-refractivity contribution is 0.0909. The zero-order valence-electron chi connectivity index (χ0n) is 19.0. The summed E-state index contributed by atoms with van der Waals surface area (Å²) in [7, 11) is 0. The molecular weight excluding hydrogens is 394 g/mol. The second-order valence-electron chi connectivity index (χ2n) is 9.36. The monoisotopic (exact) mass is 427 g/mol. The zero-order chi connectivity index (χ0) is 21.9. The van der Waals surface area contributed by atoms with E-state index in [9.17, 15) is 4.79 Å². The van der Waals surface area contributed by atoms with Crippen LogP contribution in [0.4, 0.5) is 0 Å². The molecule has 1 N–H and O–H groups in total. The van der Waals surface area contributed by atoms with Crippen LogP contribution >= 0.6 is 0 Å². The molecule has 0 atom stereocenters. The van der Waals surface area contributed by atoms with Crippen LogP contribution < -0.4 is 5.32 Å². The Balaban J connectivity index is 1.18. The number of aryl methyl sites for hydroxylation is 2. The molecule has 0 saturated carbocycles. The molecule has 0 radical (unpaired) electrons. The number of piperidine rings is 1. The van der Waals surface area contributed by atoms with Crippen molar-refractivity contribution in [3.63, 3.8) is 0 Å². The van der Waals surface area contributed by atoms with E-state index >= 15 is 0 Å².